The van der Waals surface area contributed by atoms with Crippen LogP contribution in [0.4, 0.5) is 0 Å². The van der Waals surface area contributed by atoms with E-state index in [9.17, 15) is 0 Å². The van der Waals surface area contributed by atoms with Crippen LogP contribution in [0.2, 0.25) is 0 Å². The fourth-order valence-electron chi connectivity index (χ4n) is 1.92. The highest BCUT2D eigenvalue weighted by Gasteiger charge is 2.27. The van der Waals surface area contributed by atoms with Crippen molar-refractivity contribution in [1.82, 2.24) is 4.98 Å². The quantitative estimate of drug-likeness (QED) is 0.903. The zero-order valence-electron chi connectivity index (χ0n) is 11.1. The standard InChI is InChI=1S/C14H20N2OS/c1-4-17-14(2,3)12(15)9-13-16-10-7-5-6-8-11(10)18-13/h5-8,12H,4,9,15H2,1-3H3. The molecule has 0 radical (unpaired) electrons. The van der Waals surface area contributed by atoms with Gasteiger partial charge >= 0.3 is 0 Å². The molecular formula is C14H20N2OS. The molecule has 2 aromatic rings. The van der Waals surface area contributed by atoms with E-state index in [0.717, 1.165) is 16.9 Å². The van der Waals surface area contributed by atoms with E-state index in [-0.39, 0.29) is 11.6 Å². The van der Waals surface area contributed by atoms with Crippen molar-refractivity contribution in [1.29, 1.82) is 0 Å². The van der Waals surface area contributed by atoms with Crippen molar-refractivity contribution in [2.45, 2.75) is 38.8 Å². The van der Waals surface area contributed by atoms with Gasteiger partial charge in [0.25, 0.3) is 0 Å². The Labute approximate surface area is 112 Å². The van der Waals surface area contributed by atoms with Crippen molar-refractivity contribution < 1.29 is 4.74 Å². The first-order valence-corrected chi connectivity index (χ1v) is 7.08. The van der Waals surface area contributed by atoms with Crippen LogP contribution in [0.3, 0.4) is 0 Å². The summed E-state index contributed by atoms with van der Waals surface area (Å²) in [6.07, 6.45) is 0.756. The summed E-state index contributed by atoms with van der Waals surface area (Å²) in [5.74, 6) is 0. The molecule has 4 heteroatoms. The summed E-state index contributed by atoms with van der Waals surface area (Å²) in [4.78, 5) is 4.61. The summed E-state index contributed by atoms with van der Waals surface area (Å²) in [7, 11) is 0. The largest absolute Gasteiger partial charge is 0.374 e. The third kappa shape index (κ3) is 2.88. The normalized spacial score (nSPS) is 14.0. The van der Waals surface area contributed by atoms with Gasteiger partial charge < -0.3 is 10.5 Å². The molecule has 1 unspecified atom stereocenters. The van der Waals surface area contributed by atoms with Gasteiger partial charge in [0.15, 0.2) is 0 Å². The van der Waals surface area contributed by atoms with E-state index in [4.69, 9.17) is 10.5 Å². The van der Waals surface area contributed by atoms with Crippen LogP contribution in [0.5, 0.6) is 0 Å². The van der Waals surface area contributed by atoms with Crippen LogP contribution >= 0.6 is 11.3 Å². The number of aromatic nitrogens is 1. The number of ether oxygens (including phenoxy) is 1. The Morgan fingerprint density at radius 1 is 1.39 bits per heavy atom. The number of benzene rings is 1. The SMILES string of the molecule is CCOC(C)(C)C(N)Cc1nc2ccccc2s1. The number of hydrogen-bond acceptors (Lipinski definition) is 4. The first-order chi connectivity index (χ1) is 8.53. The highest BCUT2D eigenvalue weighted by Crippen LogP contribution is 2.24. The highest BCUT2D eigenvalue weighted by molar-refractivity contribution is 7.18. The maximum Gasteiger partial charge on any atom is 0.0955 e. The van der Waals surface area contributed by atoms with E-state index < -0.39 is 0 Å². The monoisotopic (exact) mass is 264 g/mol. The van der Waals surface area contributed by atoms with Gasteiger partial charge in [-0.15, -0.1) is 11.3 Å². The summed E-state index contributed by atoms with van der Waals surface area (Å²) in [5.41, 5.74) is 6.97. The number of nitrogens with two attached hydrogens (primary N) is 1. The Morgan fingerprint density at radius 2 is 2.11 bits per heavy atom. The van der Waals surface area contributed by atoms with E-state index in [1.807, 2.05) is 39.0 Å². The number of para-hydroxylation sites is 1. The minimum atomic E-state index is -0.313. The van der Waals surface area contributed by atoms with Gasteiger partial charge in [-0.3, -0.25) is 0 Å². The lowest BCUT2D eigenvalue weighted by molar-refractivity contribution is -0.0288. The topological polar surface area (TPSA) is 48.1 Å². The molecule has 2 N–H and O–H groups in total. The van der Waals surface area contributed by atoms with Crippen LogP contribution in [-0.2, 0) is 11.2 Å². The summed E-state index contributed by atoms with van der Waals surface area (Å²) in [5, 5.41) is 1.08. The predicted molar refractivity (Wildman–Crippen MR) is 77.0 cm³/mol. The minimum Gasteiger partial charge on any atom is -0.374 e. The molecule has 0 fully saturated rings. The number of hydrogen-bond donors (Lipinski definition) is 1. The molecular weight excluding hydrogens is 244 g/mol. The molecule has 1 atom stereocenters. The van der Waals surface area contributed by atoms with Crippen LogP contribution in [0, 0.1) is 0 Å². The molecule has 0 bridgehead atoms. The van der Waals surface area contributed by atoms with Gasteiger partial charge in [0, 0.05) is 19.1 Å². The van der Waals surface area contributed by atoms with Crippen molar-refractivity contribution in [3.8, 4) is 0 Å². The maximum absolute atomic E-state index is 6.23. The Balaban J connectivity index is 2.13. The highest BCUT2D eigenvalue weighted by atomic mass is 32.1. The Hall–Kier alpha value is -0.970. The fourth-order valence-corrected chi connectivity index (χ4v) is 2.95. The van der Waals surface area contributed by atoms with Crippen molar-refractivity contribution in [2.75, 3.05) is 6.61 Å². The van der Waals surface area contributed by atoms with Gasteiger partial charge in [-0.2, -0.15) is 0 Å². The smallest absolute Gasteiger partial charge is 0.0955 e. The second kappa shape index (κ2) is 5.34. The molecule has 1 aromatic carbocycles. The second-order valence-corrected chi connectivity index (χ2v) is 6.04. The summed E-state index contributed by atoms with van der Waals surface area (Å²) in [6.45, 7) is 6.75. The zero-order valence-corrected chi connectivity index (χ0v) is 12.0. The molecule has 0 spiro atoms. The van der Waals surface area contributed by atoms with Crippen molar-refractivity contribution >= 4 is 21.6 Å². The number of rotatable bonds is 5. The van der Waals surface area contributed by atoms with Crippen LogP contribution in [0.1, 0.15) is 25.8 Å². The minimum absolute atomic E-state index is 0.0435. The lowest BCUT2D eigenvalue weighted by Crippen LogP contribution is -2.46. The predicted octanol–water partition coefficient (Wildman–Crippen LogP) is 2.98. The lowest BCUT2D eigenvalue weighted by Gasteiger charge is -2.30. The molecule has 0 aliphatic rings. The summed E-state index contributed by atoms with van der Waals surface area (Å²) >= 11 is 1.71. The summed E-state index contributed by atoms with van der Waals surface area (Å²) in [6, 6.07) is 8.13. The third-order valence-electron chi connectivity index (χ3n) is 3.14. The van der Waals surface area contributed by atoms with E-state index >= 15 is 0 Å². The molecule has 0 saturated carbocycles. The second-order valence-electron chi connectivity index (χ2n) is 4.92. The average molecular weight is 264 g/mol. The van der Waals surface area contributed by atoms with Gasteiger partial charge in [0.2, 0.25) is 0 Å². The number of thiazole rings is 1. The van der Waals surface area contributed by atoms with Gasteiger partial charge in [-0.25, -0.2) is 4.98 Å². The molecule has 0 aliphatic carbocycles. The Bertz CT molecular complexity index is 488. The first kappa shape index (κ1) is 13.5. The van der Waals surface area contributed by atoms with Crippen LogP contribution < -0.4 is 5.73 Å². The van der Waals surface area contributed by atoms with E-state index in [0.29, 0.717) is 6.61 Å². The number of nitrogens with zero attached hydrogens (tertiary/aromatic N) is 1. The van der Waals surface area contributed by atoms with Gasteiger partial charge in [0.05, 0.1) is 20.8 Å². The van der Waals surface area contributed by atoms with E-state index in [2.05, 4.69) is 11.1 Å². The molecule has 0 amide bonds. The molecule has 98 valence electrons. The van der Waals surface area contributed by atoms with Crippen molar-refractivity contribution in [2.24, 2.45) is 5.73 Å². The third-order valence-corrected chi connectivity index (χ3v) is 4.20. The molecule has 1 aromatic heterocycles. The molecule has 0 aliphatic heterocycles. The summed E-state index contributed by atoms with van der Waals surface area (Å²) < 4.78 is 6.91. The van der Waals surface area contributed by atoms with Crippen LogP contribution in [0.25, 0.3) is 10.2 Å². The van der Waals surface area contributed by atoms with E-state index in [1.54, 1.807) is 11.3 Å². The molecule has 0 saturated heterocycles. The van der Waals surface area contributed by atoms with Gasteiger partial charge in [-0.05, 0) is 32.9 Å². The zero-order chi connectivity index (χ0) is 13.2. The van der Waals surface area contributed by atoms with Crippen molar-refractivity contribution in [3.05, 3.63) is 29.3 Å². The average Bonchev–Trinajstić information content (AvgIpc) is 2.70. The van der Waals surface area contributed by atoms with E-state index in [1.165, 1.54) is 4.70 Å². The maximum atomic E-state index is 6.23. The van der Waals surface area contributed by atoms with Crippen LogP contribution in [0.15, 0.2) is 24.3 Å². The fraction of sp³-hybridized carbons (Fsp3) is 0.500. The molecule has 3 nitrogen and oxygen atoms in total. The van der Waals surface area contributed by atoms with Gasteiger partial charge in [-0.1, -0.05) is 12.1 Å². The molecule has 2 rings (SSSR count). The first-order valence-electron chi connectivity index (χ1n) is 6.27. The molecule has 1 heterocycles. The van der Waals surface area contributed by atoms with Crippen LogP contribution in [-0.4, -0.2) is 23.2 Å². The number of fused-ring (bicyclic) bond motifs is 1. The lowest BCUT2D eigenvalue weighted by atomic mass is 9.97. The van der Waals surface area contributed by atoms with Gasteiger partial charge in [0.1, 0.15) is 0 Å². The Morgan fingerprint density at radius 3 is 2.78 bits per heavy atom. The van der Waals surface area contributed by atoms with Crippen molar-refractivity contribution in [3.63, 3.8) is 0 Å². The molecule has 18 heavy (non-hydrogen) atoms. The Kier molecular flexibility index (Phi) is 4.00.